The highest BCUT2D eigenvalue weighted by atomic mass is 79.9. The van der Waals surface area contributed by atoms with Crippen LogP contribution in [0.25, 0.3) is 0 Å². The van der Waals surface area contributed by atoms with Crippen LogP contribution in [0, 0.1) is 17.5 Å². The molecule has 0 aliphatic carbocycles. The van der Waals surface area contributed by atoms with E-state index in [-0.39, 0.29) is 69.8 Å². The number of aryl methyl sites for hydroxylation is 2. The second-order valence-electron chi connectivity index (χ2n) is 19.1. The quantitative estimate of drug-likeness (QED) is 0.0659. The number of ether oxygens (including phenoxy) is 3. The number of amides is 1. The molecule has 0 bridgehead atoms. The maximum atomic E-state index is 13.8. The van der Waals surface area contributed by atoms with Crippen LogP contribution in [0.3, 0.4) is 0 Å². The minimum atomic E-state index is -1.03. The number of methoxy groups -OCH3 is 3. The molecule has 1 saturated heterocycles. The predicted molar refractivity (Wildman–Crippen MR) is 313 cm³/mol. The maximum Gasteiger partial charge on any atom is 0.496 e. The summed E-state index contributed by atoms with van der Waals surface area (Å²) < 4.78 is 69.0. The van der Waals surface area contributed by atoms with Crippen LogP contribution in [0.4, 0.5) is 30.6 Å². The lowest BCUT2D eigenvalue weighted by Crippen LogP contribution is -2.41. The van der Waals surface area contributed by atoms with Gasteiger partial charge < -0.3 is 54.5 Å². The molecule has 1 aliphatic rings. The molecule has 6 N–H and O–H groups in total. The number of pyridine rings is 5. The first kappa shape index (κ1) is 64.0. The van der Waals surface area contributed by atoms with Crippen molar-refractivity contribution in [1.29, 1.82) is 0 Å². The molecule has 82 heavy (non-hydrogen) atoms. The molecule has 9 rings (SSSR count). The first-order valence-corrected chi connectivity index (χ1v) is 26.1. The minimum absolute atomic E-state index is 0.118. The Labute approximate surface area is 481 Å². The van der Waals surface area contributed by atoms with Gasteiger partial charge in [-0.05, 0) is 135 Å². The van der Waals surface area contributed by atoms with Crippen molar-refractivity contribution in [3.05, 3.63) is 223 Å². The highest BCUT2D eigenvalue weighted by Crippen LogP contribution is 2.36. The third-order valence-corrected chi connectivity index (χ3v) is 13.2. The average molecular weight is 1190 g/mol. The van der Waals surface area contributed by atoms with Crippen LogP contribution in [-0.4, -0.2) is 80.7 Å². The van der Waals surface area contributed by atoms with Gasteiger partial charge in [0.15, 0.2) is 34.7 Å². The summed E-state index contributed by atoms with van der Waals surface area (Å²) in [5.41, 5.74) is 15.8. The summed E-state index contributed by atoms with van der Waals surface area (Å²) in [5.74, 6) is -0.355. The Morgan fingerprint density at radius 3 is 1.40 bits per heavy atom. The number of hydrogen-bond donors (Lipinski definition) is 4. The fourth-order valence-corrected chi connectivity index (χ4v) is 7.57. The van der Waals surface area contributed by atoms with Gasteiger partial charge in [-0.3, -0.25) is 14.4 Å². The fourth-order valence-electron chi connectivity index (χ4n) is 7.22. The number of nitrogen functional groups attached to an aromatic ring is 2. The summed E-state index contributed by atoms with van der Waals surface area (Å²) in [4.78, 5) is 57.0. The van der Waals surface area contributed by atoms with Crippen LogP contribution >= 0.6 is 15.9 Å². The van der Waals surface area contributed by atoms with Crippen molar-refractivity contribution >= 4 is 57.8 Å². The van der Waals surface area contributed by atoms with E-state index in [1.165, 1.54) is 92.4 Å². The second-order valence-corrected chi connectivity index (χ2v) is 19.7. The van der Waals surface area contributed by atoms with E-state index in [0.717, 1.165) is 33.3 Å². The largest absolute Gasteiger partial charge is 0.496 e. The minimum Gasteiger partial charge on any atom is -0.494 e. The van der Waals surface area contributed by atoms with Crippen LogP contribution in [0.1, 0.15) is 76.2 Å². The van der Waals surface area contributed by atoms with Gasteiger partial charge in [0.1, 0.15) is 17.5 Å². The smallest absolute Gasteiger partial charge is 0.494 e. The van der Waals surface area contributed by atoms with Gasteiger partial charge >= 0.3 is 13.1 Å². The predicted octanol–water partition coefficient (Wildman–Crippen LogP) is 8.95. The Bertz CT molecular complexity index is 3540. The van der Waals surface area contributed by atoms with Crippen LogP contribution in [0.5, 0.6) is 17.2 Å². The van der Waals surface area contributed by atoms with E-state index >= 15 is 0 Å². The number of carboxylic acid groups (broad SMARTS) is 1. The highest BCUT2D eigenvalue weighted by molar-refractivity contribution is 9.08. The monoisotopic (exact) mass is 1190 g/mol. The number of aromatic carboxylic acids is 1. The van der Waals surface area contributed by atoms with E-state index in [9.17, 15) is 32.3 Å². The van der Waals surface area contributed by atoms with Crippen molar-refractivity contribution in [2.24, 2.45) is 14.1 Å². The number of hydrogen-bond acceptors (Lipinski definition) is 14. The number of aromatic nitrogens is 5. The van der Waals surface area contributed by atoms with Gasteiger partial charge in [-0.25, -0.2) is 32.9 Å². The third-order valence-electron chi connectivity index (χ3n) is 12.5. The number of benzene rings is 3. The number of nitrogens with one attached hydrogen (secondary N) is 1. The molecule has 18 nitrogen and oxygen atoms in total. The maximum absolute atomic E-state index is 13.8. The first-order valence-electron chi connectivity index (χ1n) is 25.0. The molecule has 23 heteroatoms. The molecule has 1 aliphatic heterocycles. The van der Waals surface area contributed by atoms with E-state index in [1.54, 1.807) is 68.1 Å². The molecule has 0 atom stereocenters. The zero-order valence-electron chi connectivity index (χ0n) is 46.6. The summed E-state index contributed by atoms with van der Waals surface area (Å²) in [6.07, 6.45) is 8.87. The van der Waals surface area contributed by atoms with Crippen molar-refractivity contribution in [1.82, 2.24) is 24.1 Å². The number of halogens is 4. The zero-order valence-corrected chi connectivity index (χ0v) is 48.2. The van der Waals surface area contributed by atoms with E-state index in [2.05, 4.69) is 36.2 Å². The van der Waals surface area contributed by atoms with Gasteiger partial charge in [0, 0.05) is 68.0 Å². The van der Waals surface area contributed by atoms with Gasteiger partial charge in [0.05, 0.1) is 43.7 Å². The second kappa shape index (κ2) is 29.6. The van der Waals surface area contributed by atoms with Gasteiger partial charge in [-0.1, -0.05) is 52.3 Å². The summed E-state index contributed by atoms with van der Waals surface area (Å²) in [6.45, 7) is 8.10. The van der Waals surface area contributed by atoms with Gasteiger partial charge in [-0.2, -0.15) is 0 Å². The number of carbonyl (C=O) groups is 2. The van der Waals surface area contributed by atoms with Gasteiger partial charge in [-0.15, -0.1) is 0 Å². The van der Waals surface area contributed by atoms with Crippen molar-refractivity contribution in [3.63, 3.8) is 0 Å². The summed E-state index contributed by atoms with van der Waals surface area (Å²) in [5, 5.41) is 11.8. The number of carboxylic acids is 1. The molecule has 1 fully saturated rings. The van der Waals surface area contributed by atoms with Crippen LogP contribution in [0.2, 0.25) is 0 Å². The normalized spacial score (nSPS) is 12.5. The highest BCUT2D eigenvalue weighted by Gasteiger charge is 2.51. The Kier molecular flexibility index (Phi) is 23.1. The fraction of sp³-hybridized carbons (Fsp3) is 0.237. The van der Waals surface area contributed by atoms with E-state index in [4.69, 9.17) is 40.1 Å². The standard InChI is InChI=1S/C20H18FN3O3.C13H13FN2O.C11H17BN2O2.C8H8BrFO.C7H7NO3/c1-24-12-15(5-8-19(24)25)20(26)23-18-7-4-14(11-22-18)9-13-3-6-17(27-2)16(21)10-13;1-17-12-4-2-9(7-11(12)14)6-10-3-5-13(15)16-8-10;1-10(2)11(3,4)16-12(15-10)8-5-6-9(13)14-7-8;1-11-8-3-2-6(5-9)4-7(8)10;1-8-4-5(7(10)11)2-3-6(8)9/h3-8,10-12H,9H2,1-2H3,(H,22,23,26);2-5,7-8H,6H2,1H3,(H2,15,16);5-7H,1-4H3,(H2,13,14);2-4H,5H2,1H3;2-4H,1H3,(H,10,11). The van der Waals surface area contributed by atoms with E-state index in [1.807, 2.05) is 58.0 Å². The Morgan fingerprint density at radius 1 is 0.598 bits per heavy atom. The van der Waals surface area contributed by atoms with E-state index < -0.39 is 11.8 Å². The zero-order chi connectivity index (χ0) is 60.3. The summed E-state index contributed by atoms with van der Waals surface area (Å²) in [7, 11) is 7.04. The summed E-state index contributed by atoms with van der Waals surface area (Å²) in [6, 6.07) is 30.6. The molecule has 3 aromatic carbocycles. The van der Waals surface area contributed by atoms with Gasteiger partial charge in [0.25, 0.3) is 5.91 Å². The third kappa shape index (κ3) is 18.6. The summed E-state index contributed by atoms with van der Waals surface area (Å²) >= 11 is 3.23. The number of carbonyl (C=O) groups excluding carboxylic acids is 1. The van der Waals surface area contributed by atoms with Crippen LogP contribution < -0.4 is 47.6 Å². The molecule has 8 aromatic rings. The molecule has 6 heterocycles. The van der Waals surface area contributed by atoms with Crippen molar-refractivity contribution in [2.45, 2.75) is 57.1 Å². The molecule has 430 valence electrons. The molecular weight excluding hydrogens is 1130 g/mol. The molecular formula is C59H63BBrF3N8O10. The molecule has 5 aromatic heterocycles. The van der Waals surface area contributed by atoms with E-state index in [0.29, 0.717) is 41.2 Å². The molecule has 0 saturated carbocycles. The lowest BCUT2D eigenvalue weighted by molar-refractivity contribution is 0.00578. The Hall–Kier alpha value is -8.80. The molecule has 0 spiro atoms. The lowest BCUT2D eigenvalue weighted by atomic mass is 9.80. The Morgan fingerprint density at radius 2 is 1.01 bits per heavy atom. The lowest BCUT2D eigenvalue weighted by Gasteiger charge is -2.32. The van der Waals surface area contributed by atoms with Crippen molar-refractivity contribution in [3.8, 4) is 17.2 Å². The van der Waals surface area contributed by atoms with Crippen molar-refractivity contribution < 1.29 is 51.4 Å². The topological polar surface area (TPSA) is 247 Å². The Balaban J connectivity index is 0.000000197. The molecule has 0 radical (unpaired) electrons. The average Bonchev–Trinajstić information content (AvgIpc) is 3.76. The number of rotatable bonds is 12. The number of nitrogens with two attached hydrogens (primary N) is 2. The first-order chi connectivity index (χ1) is 38.8. The van der Waals surface area contributed by atoms with Crippen LogP contribution in [-0.2, 0) is 41.6 Å². The SMILES string of the molecule is CC1(C)OB(c2ccc(N)nc2)OC1(C)C.COc1ccc(CBr)cc1F.COc1ccc(Cc2ccc(N)nc2)cc1F.COc1ccc(Cc2ccc(NC(=O)c3ccc(=O)n(C)c3)nc2)cc1F.Cn1cc(C(=O)O)ccc1=O. The van der Waals surface area contributed by atoms with Crippen molar-refractivity contribution in [2.75, 3.05) is 38.1 Å². The van der Waals surface area contributed by atoms with Crippen LogP contribution in [0.15, 0.2) is 156 Å². The number of nitrogens with zero attached hydrogens (tertiary/aromatic N) is 5. The number of anilines is 3. The molecule has 0 unspecified atom stereocenters. The van der Waals surface area contributed by atoms with Gasteiger partial charge in [0.2, 0.25) is 11.1 Å². The number of alkyl halides is 1. The molecule has 1 amide bonds.